The quantitative estimate of drug-likeness (QED) is 0.475. The smallest absolute Gasteiger partial charge is 0.287 e. The van der Waals surface area contributed by atoms with E-state index in [2.05, 4.69) is 15.4 Å². The number of carbonyl (C=O) groups is 2. The van der Waals surface area contributed by atoms with Gasteiger partial charge in [0.2, 0.25) is 5.91 Å². The van der Waals surface area contributed by atoms with Crippen LogP contribution in [0.3, 0.4) is 0 Å². The molecule has 0 saturated heterocycles. The number of benzene rings is 2. The zero-order valence-corrected chi connectivity index (χ0v) is 19.2. The molecule has 3 aromatic rings. The van der Waals surface area contributed by atoms with Crippen LogP contribution in [0.25, 0.3) is 0 Å². The van der Waals surface area contributed by atoms with Crippen molar-refractivity contribution in [1.82, 2.24) is 5.32 Å². The highest BCUT2D eigenvalue weighted by Crippen LogP contribution is 2.28. The molecule has 1 heterocycles. The van der Waals surface area contributed by atoms with Crippen LogP contribution in [0, 0.1) is 13.8 Å². The Kier molecular flexibility index (Phi) is 6.90. The Labute approximate surface area is 191 Å². The molecule has 1 aromatic heterocycles. The lowest BCUT2D eigenvalue weighted by Crippen LogP contribution is -2.41. The lowest BCUT2D eigenvalue weighted by atomic mass is 10.1. The molecule has 0 bridgehead atoms. The van der Waals surface area contributed by atoms with E-state index in [1.165, 1.54) is 37.5 Å². The molecule has 10 heteroatoms. The van der Waals surface area contributed by atoms with E-state index in [4.69, 9.17) is 16.0 Å². The molecule has 0 aliphatic carbocycles. The van der Waals surface area contributed by atoms with Gasteiger partial charge in [0.15, 0.2) is 5.76 Å². The lowest BCUT2D eigenvalue weighted by Gasteiger charge is -2.15. The Hall–Kier alpha value is -3.30. The van der Waals surface area contributed by atoms with E-state index in [-0.39, 0.29) is 21.4 Å². The maximum absolute atomic E-state index is 12.9. The molecule has 2 amide bonds. The molecule has 8 nitrogen and oxygen atoms in total. The van der Waals surface area contributed by atoms with Crippen LogP contribution in [-0.4, -0.2) is 26.3 Å². The summed E-state index contributed by atoms with van der Waals surface area (Å²) in [6.45, 7) is 5.19. The molecule has 0 aliphatic heterocycles. The molecule has 168 valence electrons. The average Bonchev–Trinajstić information content (AvgIpc) is 3.26. The third kappa shape index (κ3) is 5.49. The second-order valence-electron chi connectivity index (χ2n) is 7.23. The standard InChI is InChI=1S/C22H22ClN3O5S/c1-13-6-9-18(14(2)11-13)26-32(29,30)20-12-16(7-8-17(20)23)25-21(27)15(3)24-22(28)19-5-4-10-31-19/h4-12,15,26H,1-3H3,(H,24,28)(H,25,27)/t15-/m0/s1. The van der Waals surface area contributed by atoms with E-state index < -0.39 is 27.9 Å². The molecule has 0 spiro atoms. The molecule has 2 aromatic carbocycles. The van der Waals surface area contributed by atoms with E-state index in [9.17, 15) is 18.0 Å². The summed E-state index contributed by atoms with van der Waals surface area (Å²) in [5.41, 5.74) is 2.39. The molecule has 3 rings (SSSR count). The van der Waals surface area contributed by atoms with Crippen LogP contribution < -0.4 is 15.4 Å². The SMILES string of the molecule is Cc1ccc(NS(=O)(=O)c2cc(NC(=O)[C@H](C)NC(=O)c3ccco3)ccc2Cl)c(C)c1. The number of sulfonamides is 1. The highest BCUT2D eigenvalue weighted by Gasteiger charge is 2.22. The molecular formula is C22H22ClN3O5S. The second kappa shape index (κ2) is 9.46. The molecule has 0 aliphatic rings. The van der Waals surface area contributed by atoms with Gasteiger partial charge in [0.1, 0.15) is 10.9 Å². The molecule has 0 unspecified atom stereocenters. The van der Waals surface area contributed by atoms with Crippen molar-refractivity contribution in [1.29, 1.82) is 0 Å². The average molecular weight is 476 g/mol. The molecule has 0 saturated carbocycles. The van der Waals surface area contributed by atoms with Crippen LogP contribution in [0.1, 0.15) is 28.6 Å². The van der Waals surface area contributed by atoms with Gasteiger partial charge < -0.3 is 15.1 Å². The van der Waals surface area contributed by atoms with Gasteiger partial charge in [-0.25, -0.2) is 8.42 Å². The fourth-order valence-corrected chi connectivity index (χ4v) is 4.56. The molecule has 0 fully saturated rings. The summed E-state index contributed by atoms with van der Waals surface area (Å²) >= 11 is 6.14. The summed E-state index contributed by atoms with van der Waals surface area (Å²) in [6, 6.07) is 11.5. The van der Waals surface area contributed by atoms with Crippen molar-refractivity contribution in [3.63, 3.8) is 0 Å². The first kappa shape index (κ1) is 23.4. The zero-order valence-electron chi connectivity index (χ0n) is 17.6. The Morgan fingerprint density at radius 2 is 1.81 bits per heavy atom. The van der Waals surface area contributed by atoms with E-state index in [0.717, 1.165) is 11.1 Å². The van der Waals surface area contributed by atoms with Crippen molar-refractivity contribution < 1.29 is 22.4 Å². The van der Waals surface area contributed by atoms with E-state index in [1.54, 1.807) is 25.1 Å². The van der Waals surface area contributed by atoms with Crippen LogP contribution in [-0.2, 0) is 14.8 Å². The van der Waals surface area contributed by atoms with Crippen LogP contribution in [0.5, 0.6) is 0 Å². The van der Waals surface area contributed by atoms with Crippen molar-refractivity contribution in [2.45, 2.75) is 31.7 Å². The number of aryl methyl sites for hydroxylation is 2. The van der Waals surface area contributed by atoms with Crippen LogP contribution in [0.15, 0.2) is 64.1 Å². The minimum atomic E-state index is -4.02. The molecule has 3 N–H and O–H groups in total. The second-order valence-corrected chi connectivity index (χ2v) is 9.29. The van der Waals surface area contributed by atoms with E-state index in [0.29, 0.717) is 5.69 Å². The summed E-state index contributed by atoms with van der Waals surface area (Å²) < 4.78 is 33.4. The Morgan fingerprint density at radius 3 is 2.47 bits per heavy atom. The van der Waals surface area contributed by atoms with Crippen LogP contribution in [0.4, 0.5) is 11.4 Å². The number of hydrogen-bond acceptors (Lipinski definition) is 5. The van der Waals surface area contributed by atoms with Gasteiger partial charge in [0.05, 0.1) is 17.0 Å². The fraction of sp³-hybridized carbons (Fsp3) is 0.182. The van der Waals surface area contributed by atoms with Gasteiger partial charge in [-0.1, -0.05) is 29.3 Å². The van der Waals surface area contributed by atoms with Gasteiger partial charge in [0, 0.05) is 5.69 Å². The third-order valence-electron chi connectivity index (χ3n) is 4.60. The molecule has 32 heavy (non-hydrogen) atoms. The fourth-order valence-electron chi connectivity index (χ4n) is 2.91. The van der Waals surface area contributed by atoms with Gasteiger partial charge in [-0.2, -0.15) is 0 Å². The number of amides is 2. The number of halogens is 1. The predicted octanol–water partition coefficient (Wildman–Crippen LogP) is 4.11. The lowest BCUT2D eigenvalue weighted by molar-refractivity contribution is -0.117. The summed E-state index contributed by atoms with van der Waals surface area (Å²) in [5.74, 6) is -1.02. The number of furan rings is 1. The van der Waals surface area contributed by atoms with E-state index in [1.807, 2.05) is 13.0 Å². The van der Waals surface area contributed by atoms with Crippen molar-refractivity contribution in [2.75, 3.05) is 10.0 Å². The maximum Gasteiger partial charge on any atom is 0.287 e. The van der Waals surface area contributed by atoms with Gasteiger partial charge in [-0.3, -0.25) is 14.3 Å². The van der Waals surface area contributed by atoms with E-state index >= 15 is 0 Å². The first-order chi connectivity index (χ1) is 15.1. The summed E-state index contributed by atoms with van der Waals surface area (Å²) in [4.78, 5) is 24.3. The monoisotopic (exact) mass is 475 g/mol. The largest absolute Gasteiger partial charge is 0.459 e. The highest BCUT2D eigenvalue weighted by atomic mass is 35.5. The van der Waals surface area contributed by atoms with Crippen LogP contribution in [0.2, 0.25) is 5.02 Å². The van der Waals surface area contributed by atoms with Crippen molar-refractivity contribution in [2.24, 2.45) is 0 Å². The minimum absolute atomic E-state index is 0.000524. The first-order valence-corrected chi connectivity index (χ1v) is 11.5. The molecule has 1 atom stereocenters. The third-order valence-corrected chi connectivity index (χ3v) is 6.45. The Bertz CT molecular complexity index is 1260. The Morgan fingerprint density at radius 1 is 1.06 bits per heavy atom. The Balaban J connectivity index is 1.75. The van der Waals surface area contributed by atoms with Gasteiger partial charge >= 0.3 is 0 Å². The normalized spacial score (nSPS) is 12.1. The predicted molar refractivity (Wildman–Crippen MR) is 122 cm³/mol. The van der Waals surface area contributed by atoms with Gasteiger partial charge in [-0.05, 0) is 62.7 Å². The summed E-state index contributed by atoms with van der Waals surface area (Å²) in [7, 11) is -4.02. The topological polar surface area (TPSA) is 118 Å². The number of anilines is 2. The highest BCUT2D eigenvalue weighted by molar-refractivity contribution is 7.92. The number of carbonyl (C=O) groups excluding carboxylic acids is 2. The molecule has 0 radical (unpaired) electrons. The maximum atomic E-state index is 12.9. The minimum Gasteiger partial charge on any atom is -0.459 e. The van der Waals surface area contributed by atoms with Crippen LogP contribution >= 0.6 is 11.6 Å². The summed E-state index contributed by atoms with van der Waals surface area (Å²) in [6.07, 6.45) is 1.35. The summed E-state index contributed by atoms with van der Waals surface area (Å²) in [5, 5.41) is 5.08. The molecular weight excluding hydrogens is 454 g/mol. The van der Waals surface area contributed by atoms with Gasteiger partial charge in [0.25, 0.3) is 15.9 Å². The first-order valence-electron chi connectivity index (χ1n) is 9.61. The number of rotatable bonds is 7. The number of hydrogen-bond donors (Lipinski definition) is 3. The van der Waals surface area contributed by atoms with Crippen molar-refractivity contribution >= 4 is 44.8 Å². The van der Waals surface area contributed by atoms with Crippen molar-refractivity contribution in [3.8, 4) is 0 Å². The number of nitrogens with one attached hydrogen (secondary N) is 3. The van der Waals surface area contributed by atoms with Gasteiger partial charge in [-0.15, -0.1) is 0 Å². The van der Waals surface area contributed by atoms with Crippen molar-refractivity contribution in [3.05, 3.63) is 76.7 Å². The zero-order chi connectivity index (χ0) is 23.5.